The first-order chi connectivity index (χ1) is 4.50. The number of hydrogen-bond donors (Lipinski definition) is 1. The third-order valence-electron chi connectivity index (χ3n) is 1.14. The standard InChI is InChI=1S/C7H11NO2/c1-5-4-8-6(10-5)7(2,3)9/h4,9H,1-3H3. The summed E-state index contributed by atoms with van der Waals surface area (Å²) in [7, 11) is 0. The number of aliphatic hydroxyl groups is 1. The van der Waals surface area contributed by atoms with Crippen molar-refractivity contribution in [3.05, 3.63) is 17.8 Å². The van der Waals surface area contributed by atoms with Crippen LogP contribution >= 0.6 is 0 Å². The first-order valence-corrected chi connectivity index (χ1v) is 3.15. The molecule has 1 heterocycles. The summed E-state index contributed by atoms with van der Waals surface area (Å²) in [5.41, 5.74) is -0.964. The highest BCUT2D eigenvalue weighted by atomic mass is 16.4. The normalized spacial score (nSPS) is 12.0. The van der Waals surface area contributed by atoms with Crippen molar-refractivity contribution in [2.24, 2.45) is 0 Å². The number of hydrogen-bond acceptors (Lipinski definition) is 3. The van der Waals surface area contributed by atoms with Crippen LogP contribution in [0.25, 0.3) is 0 Å². The summed E-state index contributed by atoms with van der Waals surface area (Å²) in [6, 6.07) is 0. The monoisotopic (exact) mass is 141 g/mol. The van der Waals surface area contributed by atoms with E-state index in [1.807, 2.05) is 0 Å². The van der Waals surface area contributed by atoms with E-state index in [0.717, 1.165) is 5.76 Å². The van der Waals surface area contributed by atoms with E-state index >= 15 is 0 Å². The molecule has 0 atom stereocenters. The van der Waals surface area contributed by atoms with Crippen LogP contribution in [-0.2, 0) is 5.60 Å². The molecule has 0 unspecified atom stereocenters. The molecule has 0 aromatic carbocycles. The lowest BCUT2D eigenvalue weighted by atomic mass is 10.1. The lowest BCUT2D eigenvalue weighted by molar-refractivity contribution is 0.0475. The van der Waals surface area contributed by atoms with Gasteiger partial charge in [-0.25, -0.2) is 4.98 Å². The molecule has 1 N–H and O–H groups in total. The molecule has 56 valence electrons. The summed E-state index contributed by atoms with van der Waals surface area (Å²) in [5.74, 6) is 1.09. The van der Waals surface area contributed by atoms with E-state index in [2.05, 4.69) is 4.98 Å². The first kappa shape index (κ1) is 7.28. The van der Waals surface area contributed by atoms with E-state index in [-0.39, 0.29) is 0 Å². The molecule has 1 aromatic heterocycles. The molecule has 3 nitrogen and oxygen atoms in total. The van der Waals surface area contributed by atoms with E-state index in [1.54, 1.807) is 27.0 Å². The minimum absolute atomic E-state index is 0.366. The quantitative estimate of drug-likeness (QED) is 0.639. The Balaban J connectivity index is 2.96. The van der Waals surface area contributed by atoms with Gasteiger partial charge in [0.15, 0.2) is 0 Å². The van der Waals surface area contributed by atoms with E-state index in [1.165, 1.54) is 0 Å². The summed E-state index contributed by atoms with van der Waals surface area (Å²) in [5, 5.41) is 9.35. The molecule has 0 fully saturated rings. The maximum absolute atomic E-state index is 9.35. The number of oxazole rings is 1. The highest BCUT2D eigenvalue weighted by Crippen LogP contribution is 2.17. The summed E-state index contributed by atoms with van der Waals surface area (Å²) in [4.78, 5) is 3.87. The molecule has 1 rings (SSSR count). The molecule has 1 aromatic rings. The Morgan fingerprint density at radius 2 is 2.20 bits per heavy atom. The van der Waals surface area contributed by atoms with Crippen LogP contribution in [-0.4, -0.2) is 10.1 Å². The molecule has 0 aliphatic rings. The fourth-order valence-electron chi connectivity index (χ4n) is 0.638. The zero-order valence-electron chi connectivity index (χ0n) is 6.38. The van der Waals surface area contributed by atoms with Gasteiger partial charge >= 0.3 is 0 Å². The Bertz CT molecular complexity index is 222. The van der Waals surface area contributed by atoms with Crippen molar-refractivity contribution in [1.29, 1.82) is 0 Å². The van der Waals surface area contributed by atoms with Crippen molar-refractivity contribution in [3.8, 4) is 0 Å². The fraction of sp³-hybridized carbons (Fsp3) is 0.571. The van der Waals surface area contributed by atoms with Crippen LogP contribution in [0, 0.1) is 6.92 Å². The van der Waals surface area contributed by atoms with Crippen molar-refractivity contribution in [2.45, 2.75) is 26.4 Å². The summed E-state index contributed by atoms with van der Waals surface area (Å²) in [6.45, 7) is 5.07. The van der Waals surface area contributed by atoms with Crippen LogP contribution in [0.2, 0.25) is 0 Å². The highest BCUT2D eigenvalue weighted by molar-refractivity contribution is 4.97. The molecule has 0 amide bonds. The predicted molar refractivity (Wildman–Crippen MR) is 36.5 cm³/mol. The summed E-state index contributed by atoms with van der Waals surface area (Å²) < 4.78 is 5.09. The number of nitrogens with zero attached hydrogens (tertiary/aromatic N) is 1. The second-order valence-corrected chi connectivity index (χ2v) is 2.84. The van der Waals surface area contributed by atoms with Crippen LogP contribution in [0.15, 0.2) is 10.6 Å². The maximum atomic E-state index is 9.35. The van der Waals surface area contributed by atoms with Crippen molar-refractivity contribution in [1.82, 2.24) is 4.98 Å². The molecular formula is C7H11NO2. The molecular weight excluding hydrogens is 130 g/mol. The lowest BCUT2D eigenvalue weighted by Gasteiger charge is -2.10. The van der Waals surface area contributed by atoms with Gasteiger partial charge in [-0.1, -0.05) is 0 Å². The van der Waals surface area contributed by atoms with Gasteiger partial charge in [-0.05, 0) is 20.8 Å². The average Bonchev–Trinajstić information content (AvgIpc) is 2.11. The van der Waals surface area contributed by atoms with Gasteiger partial charge < -0.3 is 9.52 Å². The van der Waals surface area contributed by atoms with E-state index < -0.39 is 5.60 Å². The van der Waals surface area contributed by atoms with Crippen LogP contribution in [0.4, 0.5) is 0 Å². The Morgan fingerprint density at radius 1 is 1.60 bits per heavy atom. The minimum atomic E-state index is -0.964. The highest BCUT2D eigenvalue weighted by Gasteiger charge is 2.21. The number of aryl methyl sites for hydroxylation is 1. The van der Waals surface area contributed by atoms with Gasteiger partial charge in [0.05, 0.1) is 6.20 Å². The molecule has 10 heavy (non-hydrogen) atoms. The molecule has 0 bridgehead atoms. The van der Waals surface area contributed by atoms with Crippen LogP contribution in [0.3, 0.4) is 0 Å². The SMILES string of the molecule is Cc1cnc(C(C)(C)O)o1. The van der Waals surface area contributed by atoms with E-state index in [4.69, 9.17) is 4.42 Å². The van der Waals surface area contributed by atoms with Gasteiger partial charge in [0.25, 0.3) is 0 Å². The van der Waals surface area contributed by atoms with Crippen molar-refractivity contribution >= 4 is 0 Å². The van der Waals surface area contributed by atoms with Gasteiger partial charge in [-0.2, -0.15) is 0 Å². The number of rotatable bonds is 1. The minimum Gasteiger partial charge on any atom is -0.443 e. The Labute approximate surface area is 59.7 Å². The maximum Gasteiger partial charge on any atom is 0.225 e. The molecule has 0 aliphatic carbocycles. The van der Waals surface area contributed by atoms with Crippen LogP contribution in [0.1, 0.15) is 25.5 Å². The second kappa shape index (κ2) is 2.09. The zero-order valence-corrected chi connectivity index (χ0v) is 6.38. The summed E-state index contributed by atoms with van der Waals surface area (Å²) in [6.07, 6.45) is 1.59. The van der Waals surface area contributed by atoms with Crippen LogP contribution in [0.5, 0.6) is 0 Å². The molecule has 3 heteroatoms. The van der Waals surface area contributed by atoms with Gasteiger partial charge in [0, 0.05) is 0 Å². The third kappa shape index (κ3) is 1.36. The Hall–Kier alpha value is -0.830. The molecule has 0 saturated heterocycles. The van der Waals surface area contributed by atoms with Gasteiger partial charge in [0.1, 0.15) is 11.4 Å². The number of aromatic nitrogens is 1. The lowest BCUT2D eigenvalue weighted by Crippen LogP contribution is -2.15. The topological polar surface area (TPSA) is 46.3 Å². The Kier molecular flexibility index (Phi) is 1.52. The van der Waals surface area contributed by atoms with Crippen molar-refractivity contribution in [3.63, 3.8) is 0 Å². The zero-order chi connectivity index (χ0) is 7.78. The molecule has 0 aliphatic heterocycles. The van der Waals surface area contributed by atoms with Gasteiger partial charge in [0.2, 0.25) is 5.89 Å². The smallest absolute Gasteiger partial charge is 0.225 e. The van der Waals surface area contributed by atoms with Gasteiger partial charge in [-0.15, -0.1) is 0 Å². The van der Waals surface area contributed by atoms with E-state index in [0.29, 0.717) is 5.89 Å². The molecule has 0 saturated carbocycles. The predicted octanol–water partition coefficient (Wildman–Crippen LogP) is 1.21. The summed E-state index contributed by atoms with van der Waals surface area (Å²) >= 11 is 0. The van der Waals surface area contributed by atoms with Gasteiger partial charge in [-0.3, -0.25) is 0 Å². The second-order valence-electron chi connectivity index (χ2n) is 2.84. The largest absolute Gasteiger partial charge is 0.443 e. The third-order valence-corrected chi connectivity index (χ3v) is 1.14. The van der Waals surface area contributed by atoms with Crippen LogP contribution < -0.4 is 0 Å². The first-order valence-electron chi connectivity index (χ1n) is 3.15. The fourth-order valence-corrected chi connectivity index (χ4v) is 0.638. The Morgan fingerprint density at radius 3 is 2.40 bits per heavy atom. The average molecular weight is 141 g/mol. The van der Waals surface area contributed by atoms with Crippen molar-refractivity contribution < 1.29 is 9.52 Å². The van der Waals surface area contributed by atoms with Crippen molar-refractivity contribution in [2.75, 3.05) is 0 Å². The van der Waals surface area contributed by atoms with E-state index in [9.17, 15) is 5.11 Å². The molecule has 0 radical (unpaired) electrons. The molecule has 0 spiro atoms.